The minimum absolute atomic E-state index is 0.168. The predicted octanol–water partition coefficient (Wildman–Crippen LogP) is 1.07. The van der Waals surface area contributed by atoms with Crippen molar-refractivity contribution in [1.82, 2.24) is 15.0 Å². The lowest BCUT2D eigenvalue weighted by Crippen LogP contribution is -2.07. The van der Waals surface area contributed by atoms with Crippen molar-refractivity contribution < 1.29 is 9.53 Å². The molecule has 17 heavy (non-hydrogen) atoms. The van der Waals surface area contributed by atoms with Crippen molar-refractivity contribution in [2.75, 3.05) is 6.61 Å². The Labute approximate surface area is 96.9 Å². The zero-order valence-electron chi connectivity index (χ0n) is 9.04. The Morgan fingerprint density at radius 2 is 2.29 bits per heavy atom. The molecule has 0 bridgehead atoms. The second-order valence-corrected chi connectivity index (χ2v) is 3.12. The number of nitriles is 1. The maximum Gasteiger partial charge on any atom is 0.357 e. The van der Waals surface area contributed by atoms with Gasteiger partial charge >= 0.3 is 5.97 Å². The molecule has 0 aliphatic rings. The summed E-state index contributed by atoms with van der Waals surface area (Å²) in [6.45, 7) is 2.00. The van der Waals surface area contributed by atoms with Crippen molar-refractivity contribution in [1.29, 1.82) is 5.26 Å². The van der Waals surface area contributed by atoms with Crippen LogP contribution in [0.4, 0.5) is 0 Å². The van der Waals surface area contributed by atoms with Crippen LogP contribution in [0.1, 0.15) is 23.1 Å². The van der Waals surface area contributed by atoms with Gasteiger partial charge in [0.2, 0.25) is 0 Å². The monoisotopic (exact) mass is 228 g/mol. The molecule has 2 aromatic rings. The number of hydrogen-bond acceptors (Lipinski definition) is 6. The summed E-state index contributed by atoms with van der Waals surface area (Å²) in [5, 5.41) is 9.36. The van der Waals surface area contributed by atoms with Crippen molar-refractivity contribution in [2.45, 2.75) is 6.92 Å². The highest BCUT2D eigenvalue weighted by Gasteiger charge is 2.11. The number of carbonyl (C=O) groups is 1. The first-order valence-electron chi connectivity index (χ1n) is 4.95. The first kappa shape index (κ1) is 11.0. The molecule has 6 heteroatoms. The number of fused-ring (bicyclic) bond motifs is 1. The summed E-state index contributed by atoms with van der Waals surface area (Å²) < 4.78 is 4.82. The fourth-order valence-corrected chi connectivity index (χ4v) is 1.35. The molecular weight excluding hydrogens is 220 g/mol. The molecule has 0 aliphatic carbocycles. The zero-order valence-corrected chi connectivity index (χ0v) is 9.04. The molecule has 0 aliphatic heterocycles. The third-order valence-corrected chi connectivity index (χ3v) is 2.09. The first-order chi connectivity index (χ1) is 8.26. The highest BCUT2D eigenvalue weighted by molar-refractivity contribution is 5.90. The van der Waals surface area contributed by atoms with E-state index in [1.54, 1.807) is 13.0 Å². The molecule has 2 aromatic heterocycles. The average molecular weight is 228 g/mol. The summed E-state index contributed by atoms with van der Waals surface area (Å²) in [6, 6.07) is 5.02. The van der Waals surface area contributed by atoms with Crippen molar-refractivity contribution in [2.24, 2.45) is 0 Å². The van der Waals surface area contributed by atoms with Crippen LogP contribution >= 0.6 is 0 Å². The van der Waals surface area contributed by atoms with Crippen molar-refractivity contribution in [3.63, 3.8) is 0 Å². The second kappa shape index (κ2) is 4.53. The summed E-state index contributed by atoms with van der Waals surface area (Å²) in [4.78, 5) is 23.2. The van der Waals surface area contributed by atoms with E-state index in [0.29, 0.717) is 11.0 Å². The lowest BCUT2D eigenvalue weighted by Gasteiger charge is -2.02. The summed E-state index contributed by atoms with van der Waals surface area (Å²) in [7, 11) is 0. The van der Waals surface area contributed by atoms with Gasteiger partial charge in [0.25, 0.3) is 0 Å². The molecule has 2 rings (SSSR count). The van der Waals surface area contributed by atoms with E-state index in [4.69, 9.17) is 10.00 Å². The third-order valence-electron chi connectivity index (χ3n) is 2.09. The summed E-state index contributed by atoms with van der Waals surface area (Å²) in [5.41, 5.74) is 0.710. The first-order valence-corrected chi connectivity index (χ1v) is 4.95. The minimum Gasteiger partial charge on any atom is -0.461 e. The highest BCUT2D eigenvalue weighted by atomic mass is 16.5. The molecular formula is C11H8N4O2. The lowest BCUT2D eigenvalue weighted by molar-refractivity contribution is 0.0520. The maximum atomic E-state index is 11.4. The van der Waals surface area contributed by atoms with Gasteiger partial charge in [0.15, 0.2) is 17.0 Å². The van der Waals surface area contributed by atoms with E-state index in [2.05, 4.69) is 15.0 Å². The summed E-state index contributed by atoms with van der Waals surface area (Å²) >= 11 is 0. The summed E-state index contributed by atoms with van der Waals surface area (Å²) in [6.07, 6.45) is 1.24. The van der Waals surface area contributed by atoms with Crippen molar-refractivity contribution in [3.8, 4) is 6.07 Å². The quantitative estimate of drug-likeness (QED) is 0.714. The molecule has 6 nitrogen and oxygen atoms in total. The molecule has 0 aromatic carbocycles. The Morgan fingerprint density at radius 1 is 1.47 bits per heavy atom. The molecule has 0 spiro atoms. The van der Waals surface area contributed by atoms with E-state index in [-0.39, 0.29) is 18.0 Å². The number of hydrogen-bond donors (Lipinski definition) is 0. The van der Waals surface area contributed by atoms with Gasteiger partial charge < -0.3 is 4.74 Å². The Balaban J connectivity index is 2.53. The van der Waals surface area contributed by atoms with E-state index in [1.165, 1.54) is 12.4 Å². The average Bonchev–Trinajstić information content (AvgIpc) is 2.37. The van der Waals surface area contributed by atoms with Crippen LogP contribution in [0.5, 0.6) is 0 Å². The number of rotatable bonds is 2. The van der Waals surface area contributed by atoms with Gasteiger partial charge in [-0.25, -0.2) is 19.7 Å². The van der Waals surface area contributed by atoms with Gasteiger partial charge in [0, 0.05) is 0 Å². The van der Waals surface area contributed by atoms with E-state index in [9.17, 15) is 4.79 Å². The SMILES string of the molecule is CCOC(=O)c1ccc2c(C#N)ncnc2n1. The highest BCUT2D eigenvalue weighted by Crippen LogP contribution is 2.13. The van der Waals surface area contributed by atoms with Crippen LogP contribution in [0.15, 0.2) is 18.5 Å². The lowest BCUT2D eigenvalue weighted by atomic mass is 10.2. The van der Waals surface area contributed by atoms with E-state index in [1.807, 2.05) is 6.07 Å². The molecule has 0 unspecified atom stereocenters. The third kappa shape index (κ3) is 2.03. The molecule has 84 valence electrons. The van der Waals surface area contributed by atoms with Crippen LogP contribution in [0.25, 0.3) is 11.0 Å². The van der Waals surface area contributed by atoms with Crippen LogP contribution in [0.3, 0.4) is 0 Å². The molecule has 2 heterocycles. The molecule has 0 atom stereocenters. The second-order valence-electron chi connectivity index (χ2n) is 3.12. The van der Waals surface area contributed by atoms with E-state index >= 15 is 0 Å². The fourth-order valence-electron chi connectivity index (χ4n) is 1.35. The van der Waals surface area contributed by atoms with E-state index < -0.39 is 5.97 Å². The van der Waals surface area contributed by atoms with Crippen LogP contribution in [0.2, 0.25) is 0 Å². The van der Waals surface area contributed by atoms with Gasteiger partial charge in [0.1, 0.15) is 12.4 Å². The Bertz CT molecular complexity index is 618. The Kier molecular flexibility index (Phi) is 2.92. The largest absolute Gasteiger partial charge is 0.461 e. The number of esters is 1. The van der Waals surface area contributed by atoms with Gasteiger partial charge in [-0.1, -0.05) is 0 Å². The molecule has 0 fully saturated rings. The van der Waals surface area contributed by atoms with Crippen molar-refractivity contribution >= 4 is 17.0 Å². The van der Waals surface area contributed by atoms with Gasteiger partial charge in [-0.2, -0.15) is 5.26 Å². The molecule has 0 radical (unpaired) electrons. The summed E-state index contributed by atoms with van der Waals surface area (Å²) in [5.74, 6) is -0.508. The maximum absolute atomic E-state index is 11.4. The fraction of sp³-hybridized carbons (Fsp3) is 0.182. The van der Waals surface area contributed by atoms with Gasteiger partial charge in [0.05, 0.1) is 12.0 Å². The number of carbonyl (C=O) groups excluding carboxylic acids is 1. The minimum atomic E-state index is -0.508. The molecule has 0 saturated carbocycles. The predicted molar refractivity (Wildman–Crippen MR) is 58.0 cm³/mol. The normalized spacial score (nSPS) is 9.88. The smallest absolute Gasteiger partial charge is 0.357 e. The van der Waals surface area contributed by atoms with Gasteiger partial charge in [-0.3, -0.25) is 0 Å². The number of nitrogens with zero attached hydrogens (tertiary/aromatic N) is 4. The van der Waals surface area contributed by atoms with Gasteiger partial charge in [-0.05, 0) is 19.1 Å². The number of pyridine rings is 1. The topological polar surface area (TPSA) is 88.8 Å². The molecule has 0 amide bonds. The van der Waals surface area contributed by atoms with Crippen LogP contribution in [-0.2, 0) is 4.74 Å². The van der Waals surface area contributed by atoms with Crippen LogP contribution < -0.4 is 0 Å². The zero-order chi connectivity index (χ0) is 12.3. The van der Waals surface area contributed by atoms with Crippen molar-refractivity contribution in [3.05, 3.63) is 29.8 Å². The molecule has 0 saturated heterocycles. The standard InChI is InChI=1S/C11H8N4O2/c1-2-17-11(16)8-4-3-7-9(5-12)13-6-14-10(7)15-8/h3-4,6H,2H2,1H3. The van der Waals surface area contributed by atoms with E-state index in [0.717, 1.165) is 0 Å². The molecule has 0 N–H and O–H groups in total. The van der Waals surface area contributed by atoms with Gasteiger partial charge in [-0.15, -0.1) is 0 Å². The number of aromatic nitrogens is 3. The number of ether oxygens (including phenoxy) is 1. The van der Waals surface area contributed by atoms with Crippen LogP contribution in [0, 0.1) is 11.3 Å². The Hall–Kier alpha value is -2.55. The van der Waals surface area contributed by atoms with Crippen LogP contribution in [-0.4, -0.2) is 27.5 Å². The Morgan fingerprint density at radius 3 is 3.00 bits per heavy atom.